The highest BCUT2D eigenvalue weighted by molar-refractivity contribution is 5.23. The van der Waals surface area contributed by atoms with Crippen LogP contribution in [0.3, 0.4) is 0 Å². The lowest BCUT2D eigenvalue weighted by molar-refractivity contribution is 0.448. The van der Waals surface area contributed by atoms with E-state index in [2.05, 4.69) is 24.1 Å². The standard InChI is InChI=1S/C14H23N3/c1-10(2)7-13-9-16-11(3)17-14(13)12-5-4-6-15-8-12/h9-10,12,15H,4-8H2,1-3H3. The van der Waals surface area contributed by atoms with E-state index in [0.717, 1.165) is 25.3 Å². The molecule has 1 aromatic heterocycles. The zero-order valence-corrected chi connectivity index (χ0v) is 11.2. The second-order valence-corrected chi connectivity index (χ2v) is 5.47. The van der Waals surface area contributed by atoms with Gasteiger partial charge in [-0.1, -0.05) is 13.8 Å². The summed E-state index contributed by atoms with van der Waals surface area (Å²) in [5, 5.41) is 3.47. The average molecular weight is 233 g/mol. The van der Waals surface area contributed by atoms with E-state index in [4.69, 9.17) is 4.98 Å². The number of hydrogen-bond donors (Lipinski definition) is 1. The molecule has 1 unspecified atom stereocenters. The Bertz CT molecular complexity index is 368. The van der Waals surface area contributed by atoms with Crippen molar-refractivity contribution in [1.82, 2.24) is 15.3 Å². The summed E-state index contributed by atoms with van der Waals surface area (Å²) in [6.07, 6.45) is 5.64. The molecule has 1 atom stereocenters. The van der Waals surface area contributed by atoms with Crippen LogP contribution < -0.4 is 5.32 Å². The van der Waals surface area contributed by atoms with Gasteiger partial charge in [0.15, 0.2) is 0 Å². The fourth-order valence-electron chi connectivity index (χ4n) is 2.55. The van der Waals surface area contributed by atoms with Gasteiger partial charge in [0.25, 0.3) is 0 Å². The SMILES string of the molecule is Cc1ncc(CC(C)C)c(C2CCCNC2)n1. The molecule has 0 bridgehead atoms. The Balaban J connectivity index is 2.25. The van der Waals surface area contributed by atoms with Crippen molar-refractivity contribution in [3.63, 3.8) is 0 Å². The van der Waals surface area contributed by atoms with Crippen molar-refractivity contribution in [3.8, 4) is 0 Å². The molecule has 0 aromatic carbocycles. The topological polar surface area (TPSA) is 37.8 Å². The summed E-state index contributed by atoms with van der Waals surface area (Å²) in [4.78, 5) is 9.05. The first-order valence-electron chi connectivity index (χ1n) is 6.70. The third-order valence-electron chi connectivity index (χ3n) is 3.33. The molecule has 1 aromatic rings. The second-order valence-electron chi connectivity index (χ2n) is 5.47. The quantitative estimate of drug-likeness (QED) is 0.871. The van der Waals surface area contributed by atoms with Gasteiger partial charge in [-0.3, -0.25) is 0 Å². The maximum absolute atomic E-state index is 4.70. The van der Waals surface area contributed by atoms with Crippen LogP contribution in [0.4, 0.5) is 0 Å². The minimum Gasteiger partial charge on any atom is -0.316 e. The van der Waals surface area contributed by atoms with E-state index in [0.29, 0.717) is 11.8 Å². The lowest BCUT2D eigenvalue weighted by Gasteiger charge is -2.24. The smallest absolute Gasteiger partial charge is 0.125 e. The first kappa shape index (κ1) is 12.5. The summed E-state index contributed by atoms with van der Waals surface area (Å²) >= 11 is 0. The van der Waals surface area contributed by atoms with E-state index < -0.39 is 0 Å². The number of piperidine rings is 1. The van der Waals surface area contributed by atoms with Gasteiger partial charge in [0, 0.05) is 18.7 Å². The molecule has 3 heteroatoms. The summed E-state index contributed by atoms with van der Waals surface area (Å²) in [6, 6.07) is 0. The van der Waals surface area contributed by atoms with Crippen molar-refractivity contribution >= 4 is 0 Å². The van der Waals surface area contributed by atoms with Crippen LogP contribution in [0.2, 0.25) is 0 Å². The molecule has 1 N–H and O–H groups in total. The maximum atomic E-state index is 4.70. The molecule has 3 nitrogen and oxygen atoms in total. The van der Waals surface area contributed by atoms with Crippen molar-refractivity contribution in [3.05, 3.63) is 23.3 Å². The fourth-order valence-corrected chi connectivity index (χ4v) is 2.55. The van der Waals surface area contributed by atoms with E-state index in [-0.39, 0.29) is 0 Å². The van der Waals surface area contributed by atoms with Gasteiger partial charge in [-0.2, -0.15) is 0 Å². The molecule has 1 fully saturated rings. The summed E-state index contributed by atoms with van der Waals surface area (Å²) < 4.78 is 0. The van der Waals surface area contributed by atoms with Gasteiger partial charge >= 0.3 is 0 Å². The number of nitrogens with zero attached hydrogens (tertiary/aromatic N) is 2. The van der Waals surface area contributed by atoms with E-state index in [1.165, 1.54) is 24.1 Å². The van der Waals surface area contributed by atoms with E-state index >= 15 is 0 Å². The Kier molecular flexibility index (Phi) is 4.11. The van der Waals surface area contributed by atoms with Crippen LogP contribution in [0.1, 0.15) is 49.7 Å². The molecule has 2 heterocycles. The Morgan fingerprint density at radius 3 is 2.94 bits per heavy atom. The third-order valence-corrected chi connectivity index (χ3v) is 3.33. The van der Waals surface area contributed by atoms with Crippen LogP contribution in [-0.2, 0) is 6.42 Å². The van der Waals surface area contributed by atoms with Gasteiger partial charge in [0.1, 0.15) is 5.82 Å². The first-order chi connectivity index (χ1) is 8.16. The third kappa shape index (κ3) is 3.25. The molecule has 0 spiro atoms. The molecule has 2 rings (SSSR count). The molecule has 1 saturated heterocycles. The van der Waals surface area contributed by atoms with Crippen LogP contribution in [0.25, 0.3) is 0 Å². The number of nitrogens with one attached hydrogen (secondary N) is 1. The summed E-state index contributed by atoms with van der Waals surface area (Å²) in [6.45, 7) is 8.71. The van der Waals surface area contributed by atoms with Gasteiger partial charge in [-0.15, -0.1) is 0 Å². The fraction of sp³-hybridized carbons (Fsp3) is 0.714. The molecule has 1 aliphatic rings. The number of aryl methyl sites for hydroxylation is 1. The average Bonchev–Trinajstić information content (AvgIpc) is 2.32. The van der Waals surface area contributed by atoms with Gasteiger partial charge in [-0.05, 0) is 44.2 Å². The summed E-state index contributed by atoms with van der Waals surface area (Å²) in [5.41, 5.74) is 2.64. The van der Waals surface area contributed by atoms with E-state index in [9.17, 15) is 0 Å². The predicted molar refractivity (Wildman–Crippen MR) is 70.2 cm³/mol. The van der Waals surface area contributed by atoms with Crippen molar-refractivity contribution in [1.29, 1.82) is 0 Å². The van der Waals surface area contributed by atoms with Crippen LogP contribution in [0.15, 0.2) is 6.20 Å². The second kappa shape index (κ2) is 5.58. The van der Waals surface area contributed by atoms with Crippen molar-refractivity contribution in [2.45, 2.75) is 46.0 Å². The highest BCUT2D eigenvalue weighted by Crippen LogP contribution is 2.25. The Morgan fingerprint density at radius 2 is 2.29 bits per heavy atom. The van der Waals surface area contributed by atoms with Gasteiger partial charge in [0.2, 0.25) is 0 Å². The highest BCUT2D eigenvalue weighted by Gasteiger charge is 2.20. The molecule has 1 aliphatic heterocycles. The maximum Gasteiger partial charge on any atom is 0.125 e. The van der Waals surface area contributed by atoms with Crippen LogP contribution in [0.5, 0.6) is 0 Å². The predicted octanol–water partition coefficient (Wildman–Crippen LogP) is 2.45. The Hall–Kier alpha value is -0.960. The van der Waals surface area contributed by atoms with Gasteiger partial charge < -0.3 is 5.32 Å². The largest absolute Gasteiger partial charge is 0.316 e. The first-order valence-corrected chi connectivity index (χ1v) is 6.70. The number of rotatable bonds is 3. The number of aromatic nitrogens is 2. The normalized spacial score (nSPS) is 20.8. The van der Waals surface area contributed by atoms with Crippen molar-refractivity contribution < 1.29 is 0 Å². The van der Waals surface area contributed by atoms with Crippen LogP contribution >= 0.6 is 0 Å². The lowest BCUT2D eigenvalue weighted by atomic mass is 9.90. The molecular formula is C14H23N3. The Labute approximate surface area is 104 Å². The summed E-state index contributed by atoms with van der Waals surface area (Å²) in [7, 11) is 0. The molecule has 0 radical (unpaired) electrons. The molecule has 17 heavy (non-hydrogen) atoms. The van der Waals surface area contributed by atoms with Crippen molar-refractivity contribution in [2.24, 2.45) is 5.92 Å². The van der Waals surface area contributed by atoms with Gasteiger partial charge in [0.05, 0.1) is 5.69 Å². The minimum atomic E-state index is 0.583. The molecular weight excluding hydrogens is 210 g/mol. The van der Waals surface area contributed by atoms with E-state index in [1.807, 2.05) is 13.1 Å². The summed E-state index contributed by atoms with van der Waals surface area (Å²) in [5.74, 6) is 2.15. The zero-order valence-electron chi connectivity index (χ0n) is 11.2. The minimum absolute atomic E-state index is 0.583. The molecule has 0 aliphatic carbocycles. The Morgan fingerprint density at radius 1 is 1.47 bits per heavy atom. The monoisotopic (exact) mass is 233 g/mol. The number of hydrogen-bond acceptors (Lipinski definition) is 3. The molecule has 0 amide bonds. The lowest BCUT2D eigenvalue weighted by Crippen LogP contribution is -2.29. The van der Waals surface area contributed by atoms with Crippen molar-refractivity contribution in [2.75, 3.05) is 13.1 Å². The highest BCUT2D eigenvalue weighted by atomic mass is 14.9. The molecule has 94 valence electrons. The van der Waals surface area contributed by atoms with Crippen LogP contribution in [-0.4, -0.2) is 23.1 Å². The van der Waals surface area contributed by atoms with Gasteiger partial charge in [-0.25, -0.2) is 9.97 Å². The van der Waals surface area contributed by atoms with Crippen LogP contribution in [0, 0.1) is 12.8 Å². The molecule has 0 saturated carbocycles. The zero-order chi connectivity index (χ0) is 12.3. The van der Waals surface area contributed by atoms with E-state index in [1.54, 1.807) is 0 Å².